The lowest BCUT2D eigenvalue weighted by Crippen LogP contribution is -2.36. The number of aryl methyl sites for hydroxylation is 2. The number of nitro benzene ring substituents is 1. The van der Waals surface area contributed by atoms with E-state index in [-0.39, 0.29) is 21.8 Å². The minimum absolute atomic E-state index is 0.0462. The van der Waals surface area contributed by atoms with Crippen LogP contribution in [0.3, 0.4) is 0 Å². The number of fused-ring (bicyclic) bond motifs is 2. The summed E-state index contributed by atoms with van der Waals surface area (Å²) in [6.45, 7) is 0.246. The molecule has 2 aliphatic heterocycles. The minimum Gasteiger partial charge on any atom is -0.486 e. The minimum atomic E-state index is -0.760. The Balaban J connectivity index is 1.38. The number of amides is 3. The van der Waals surface area contributed by atoms with E-state index < -0.39 is 28.5 Å². The Morgan fingerprint density at radius 3 is 2.46 bits per heavy atom. The second kappa shape index (κ2) is 9.13. The maximum atomic E-state index is 12.9. The van der Waals surface area contributed by atoms with Crippen molar-refractivity contribution in [3.8, 4) is 11.5 Å². The fourth-order valence-corrected chi connectivity index (χ4v) is 4.90. The Bertz CT molecular complexity index is 1600. The summed E-state index contributed by atoms with van der Waals surface area (Å²) in [7, 11) is 3.02. The number of ether oxygens (including phenoxy) is 2. The molecule has 1 fully saturated rings. The van der Waals surface area contributed by atoms with Gasteiger partial charge in [-0.2, -0.15) is 0 Å². The summed E-state index contributed by atoms with van der Waals surface area (Å²) in [5.74, 6) is -0.369. The predicted molar refractivity (Wildman–Crippen MR) is 134 cm³/mol. The quantitative estimate of drug-likeness (QED) is 0.300. The lowest BCUT2D eigenvalue weighted by atomic mass is 10.1. The van der Waals surface area contributed by atoms with E-state index in [4.69, 9.17) is 9.47 Å². The topological polar surface area (TPSA) is 155 Å². The lowest BCUT2D eigenvalue weighted by molar-refractivity contribution is -0.385. The summed E-state index contributed by atoms with van der Waals surface area (Å²) in [6.07, 6.45) is 1.22. The molecule has 3 amide bonds. The molecule has 3 aromatic rings. The fraction of sp³-hybridized carbons (Fsp3) is 0.217. The number of rotatable bonds is 5. The van der Waals surface area contributed by atoms with Crippen molar-refractivity contribution in [2.75, 3.05) is 25.1 Å². The number of thioether (sulfide) groups is 1. The number of nitrogens with zero attached hydrogens (tertiary/aromatic N) is 4. The van der Waals surface area contributed by atoms with Crippen LogP contribution in [0.5, 0.6) is 11.5 Å². The summed E-state index contributed by atoms with van der Waals surface area (Å²) in [4.78, 5) is 62.0. The molecule has 0 unspecified atom stereocenters. The third kappa shape index (κ3) is 4.31. The molecule has 13 nitrogen and oxygen atoms in total. The van der Waals surface area contributed by atoms with Gasteiger partial charge in [-0.15, -0.1) is 0 Å². The molecule has 2 aromatic carbocycles. The van der Waals surface area contributed by atoms with Gasteiger partial charge < -0.3 is 14.8 Å². The van der Waals surface area contributed by atoms with Gasteiger partial charge in [0, 0.05) is 31.9 Å². The van der Waals surface area contributed by atoms with Gasteiger partial charge in [0.05, 0.1) is 26.4 Å². The van der Waals surface area contributed by atoms with Gasteiger partial charge in [0.25, 0.3) is 16.8 Å². The van der Waals surface area contributed by atoms with E-state index in [0.717, 1.165) is 4.90 Å². The summed E-state index contributed by atoms with van der Waals surface area (Å²) >= 11 is 0.568. The van der Waals surface area contributed by atoms with Gasteiger partial charge in [0.1, 0.15) is 19.8 Å². The predicted octanol–water partition coefficient (Wildman–Crippen LogP) is 2.23. The first-order valence-corrected chi connectivity index (χ1v) is 11.7. The first-order chi connectivity index (χ1) is 17.6. The number of anilines is 1. The number of benzene rings is 2. The van der Waals surface area contributed by atoms with Crippen molar-refractivity contribution in [1.29, 1.82) is 0 Å². The molecule has 1 aromatic heterocycles. The Morgan fingerprint density at radius 2 is 1.76 bits per heavy atom. The normalized spacial score (nSPS) is 16.1. The Morgan fingerprint density at radius 1 is 1.08 bits per heavy atom. The fourth-order valence-electron chi connectivity index (χ4n) is 4.07. The first kappa shape index (κ1) is 24.1. The average Bonchev–Trinajstić information content (AvgIpc) is 3.25. The molecule has 0 bridgehead atoms. The third-order valence-corrected chi connectivity index (χ3v) is 6.81. The maximum absolute atomic E-state index is 12.9. The second-order valence-electron chi connectivity index (χ2n) is 8.23. The number of nitrogens with one attached hydrogen (secondary N) is 1. The highest BCUT2D eigenvalue weighted by Crippen LogP contribution is 2.36. The summed E-state index contributed by atoms with van der Waals surface area (Å²) < 4.78 is 13.5. The van der Waals surface area contributed by atoms with Crippen LogP contribution in [0.1, 0.15) is 5.56 Å². The van der Waals surface area contributed by atoms with Crippen molar-refractivity contribution in [3.63, 3.8) is 0 Å². The van der Waals surface area contributed by atoms with Gasteiger partial charge >= 0.3 is 5.69 Å². The first-order valence-electron chi connectivity index (χ1n) is 10.9. The third-order valence-electron chi connectivity index (χ3n) is 5.90. The van der Waals surface area contributed by atoms with Crippen LogP contribution in [0, 0.1) is 10.1 Å². The van der Waals surface area contributed by atoms with E-state index in [0.29, 0.717) is 53.2 Å². The molecule has 37 heavy (non-hydrogen) atoms. The van der Waals surface area contributed by atoms with Crippen LogP contribution in [0.15, 0.2) is 40.0 Å². The van der Waals surface area contributed by atoms with Crippen LogP contribution in [0.2, 0.25) is 0 Å². The summed E-state index contributed by atoms with van der Waals surface area (Å²) in [5.41, 5.74) is 0.504. The standard InChI is InChI=1S/C23H19N5O8S/c1-25-15-7-12(14(28(33)34)10-16(15)26(2)22(25)31)8-19-21(30)27(23(32)37-19)11-20(29)24-13-3-4-17-18(9-13)36-6-5-35-17/h3-4,7-10H,5-6,11H2,1-2H3,(H,24,29)/b19-8-. The van der Waals surface area contributed by atoms with E-state index in [1.165, 1.54) is 41.4 Å². The van der Waals surface area contributed by atoms with E-state index in [1.807, 2.05) is 0 Å². The molecular weight excluding hydrogens is 506 g/mol. The van der Waals surface area contributed by atoms with Gasteiger partial charge in [0.15, 0.2) is 11.5 Å². The van der Waals surface area contributed by atoms with Crippen LogP contribution in [0.25, 0.3) is 17.1 Å². The van der Waals surface area contributed by atoms with E-state index >= 15 is 0 Å². The second-order valence-corrected chi connectivity index (χ2v) is 9.23. The van der Waals surface area contributed by atoms with Crippen LogP contribution >= 0.6 is 11.8 Å². The largest absolute Gasteiger partial charge is 0.486 e. The molecule has 2 aliphatic rings. The molecule has 3 heterocycles. The zero-order valence-electron chi connectivity index (χ0n) is 19.5. The molecule has 0 saturated carbocycles. The van der Waals surface area contributed by atoms with Gasteiger partial charge in [-0.1, -0.05) is 0 Å². The monoisotopic (exact) mass is 525 g/mol. The van der Waals surface area contributed by atoms with Crippen molar-refractivity contribution in [2.45, 2.75) is 0 Å². The number of carbonyl (C=O) groups excluding carboxylic acids is 3. The maximum Gasteiger partial charge on any atom is 0.328 e. The molecule has 0 spiro atoms. The van der Waals surface area contributed by atoms with Crippen molar-refractivity contribution in [1.82, 2.24) is 14.0 Å². The van der Waals surface area contributed by atoms with E-state index in [9.17, 15) is 29.3 Å². The molecule has 0 radical (unpaired) electrons. The molecular formula is C23H19N5O8S. The Labute approximate surface area is 212 Å². The zero-order chi connectivity index (χ0) is 26.4. The van der Waals surface area contributed by atoms with Gasteiger partial charge in [0.2, 0.25) is 5.91 Å². The number of imidazole rings is 1. The van der Waals surface area contributed by atoms with Gasteiger partial charge in [-0.3, -0.25) is 38.5 Å². The van der Waals surface area contributed by atoms with Crippen LogP contribution < -0.4 is 20.5 Å². The van der Waals surface area contributed by atoms with E-state index in [2.05, 4.69) is 5.32 Å². The van der Waals surface area contributed by atoms with Gasteiger partial charge in [-0.05, 0) is 36.0 Å². The molecule has 1 N–H and O–H groups in total. The summed E-state index contributed by atoms with van der Waals surface area (Å²) in [6, 6.07) is 7.47. The molecule has 0 atom stereocenters. The number of nitro groups is 1. The highest BCUT2D eigenvalue weighted by atomic mass is 32.2. The number of hydrogen-bond acceptors (Lipinski definition) is 9. The Hall–Kier alpha value is -4.59. The van der Waals surface area contributed by atoms with Crippen LogP contribution in [-0.2, 0) is 23.7 Å². The highest BCUT2D eigenvalue weighted by Gasteiger charge is 2.37. The van der Waals surface area contributed by atoms with Crippen LogP contribution in [0.4, 0.5) is 16.2 Å². The Kier molecular flexibility index (Phi) is 5.95. The van der Waals surface area contributed by atoms with Crippen molar-refractivity contribution >= 4 is 57.3 Å². The number of hydrogen-bond donors (Lipinski definition) is 1. The number of aromatic nitrogens is 2. The zero-order valence-corrected chi connectivity index (χ0v) is 20.4. The van der Waals surface area contributed by atoms with Crippen molar-refractivity contribution in [3.05, 3.63) is 61.4 Å². The molecule has 0 aliphatic carbocycles. The van der Waals surface area contributed by atoms with Gasteiger partial charge in [-0.25, -0.2) is 4.79 Å². The van der Waals surface area contributed by atoms with Crippen molar-refractivity contribution < 1.29 is 28.8 Å². The van der Waals surface area contributed by atoms with Crippen LogP contribution in [-0.4, -0.2) is 55.8 Å². The van der Waals surface area contributed by atoms with E-state index in [1.54, 1.807) is 18.2 Å². The van der Waals surface area contributed by atoms with Crippen molar-refractivity contribution in [2.24, 2.45) is 14.1 Å². The molecule has 14 heteroatoms. The highest BCUT2D eigenvalue weighted by molar-refractivity contribution is 8.18. The summed E-state index contributed by atoms with van der Waals surface area (Å²) in [5, 5.41) is 13.6. The molecule has 190 valence electrons. The number of imide groups is 1. The average molecular weight is 525 g/mol. The smallest absolute Gasteiger partial charge is 0.328 e. The number of carbonyl (C=O) groups is 3. The lowest BCUT2D eigenvalue weighted by Gasteiger charge is -2.19. The molecule has 5 rings (SSSR count). The SMILES string of the molecule is Cn1c(=O)n(C)c2cc([N+](=O)[O-])c(/C=C3\SC(=O)N(CC(=O)Nc4ccc5c(c4)OCCO5)C3=O)cc21. The molecule has 1 saturated heterocycles.